The molecule has 0 aliphatic carbocycles. The summed E-state index contributed by atoms with van der Waals surface area (Å²) >= 11 is 0. The lowest BCUT2D eigenvalue weighted by molar-refractivity contribution is -0.0848. The molecule has 6 nitrogen and oxygen atoms in total. The normalized spacial score (nSPS) is 19.5. The highest BCUT2D eigenvalue weighted by molar-refractivity contribution is 6.99. The van der Waals surface area contributed by atoms with Crippen LogP contribution in [-0.2, 0) is 9.16 Å². The zero-order chi connectivity index (χ0) is 21.9. The lowest BCUT2D eigenvalue weighted by atomic mass is 10.2. The van der Waals surface area contributed by atoms with Gasteiger partial charge in [0.2, 0.25) is 0 Å². The monoisotopic (exact) mass is 439 g/mol. The molecule has 0 bridgehead atoms. The molecule has 1 aromatic heterocycles. The van der Waals surface area contributed by atoms with E-state index in [1.54, 1.807) is 10.9 Å². The second kappa shape index (κ2) is 8.94. The molecule has 1 aliphatic heterocycles. The molecular formula is C24H31N2O4Si. The Morgan fingerprint density at radius 3 is 2.19 bits per heavy atom. The number of aromatic amines is 1. The van der Waals surface area contributed by atoms with Crippen molar-refractivity contribution < 1.29 is 18.3 Å². The van der Waals surface area contributed by atoms with E-state index in [4.69, 9.17) is 18.3 Å². The fourth-order valence-electron chi connectivity index (χ4n) is 4.32. The first-order chi connectivity index (χ1) is 14.9. The van der Waals surface area contributed by atoms with Crippen molar-refractivity contribution in [3.63, 3.8) is 0 Å². The highest BCUT2D eigenvalue weighted by Crippen LogP contribution is 2.37. The van der Waals surface area contributed by atoms with Crippen molar-refractivity contribution in [2.45, 2.75) is 51.5 Å². The Kier molecular flexibility index (Phi) is 6.27. The first-order valence-corrected chi connectivity index (χ1v) is 12.6. The van der Waals surface area contributed by atoms with Crippen LogP contribution in [0.1, 0.15) is 39.2 Å². The largest absolute Gasteiger partial charge is 0.405 e. The maximum atomic E-state index is 6.97. The van der Waals surface area contributed by atoms with Gasteiger partial charge in [-0.05, 0) is 28.8 Å². The Bertz CT molecular complexity index is 956. The molecule has 0 spiro atoms. The molecule has 2 heterocycles. The van der Waals surface area contributed by atoms with Gasteiger partial charge in [0.15, 0.2) is 12.0 Å². The number of aromatic nitrogens is 2. The molecule has 31 heavy (non-hydrogen) atoms. The van der Waals surface area contributed by atoms with Gasteiger partial charge in [-0.3, -0.25) is 4.63 Å². The minimum absolute atomic E-state index is 0.0647. The molecule has 4 rings (SSSR count). The van der Waals surface area contributed by atoms with Crippen LogP contribution in [-0.4, -0.2) is 31.1 Å². The summed E-state index contributed by atoms with van der Waals surface area (Å²) in [5, 5.41) is 4.90. The van der Waals surface area contributed by atoms with Crippen LogP contribution in [0.4, 0.5) is 0 Å². The number of nitrogens with zero attached hydrogens (tertiary/aromatic N) is 1. The molecule has 165 valence electrons. The first-order valence-electron chi connectivity index (χ1n) is 10.7. The average Bonchev–Trinajstić information content (AvgIpc) is 3.24. The van der Waals surface area contributed by atoms with Crippen molar-refractivity contribution in [3.8, 4) is 0 Å². The van der Waals surface area contributed by atoms with Crippen LogP contribution >= 0.6 is 0 Å². The van der Waals surface area contributed by atoms with Crippen LogP contribution in [0.5, 0.6) is 0 Å². The van der Waals surface area contributed by atoms with Crippen LogP contribution in [0.25, 0.3) is 0 Å². The molecular weight excluding hydrogens is 408 g/mol. The van der Waals surface area contributed by atoms with E-state index in [0.717, 1.165) is 6.42 Å². The molecule has 1 saturated heterocycles. The molecule has 7 heteroatoms. The van der Waals surface area contributed by atoms with Crippen molar-refractivity contribution >= 4 is 18.7 Å². The number of hydrogen-bond acceptors (Lipinski definition) is 4. The minimum Gasteiger partial charge on any atom is -0.405 e. The number of aryl methyl sites for hydroxylation is 1. The van der Waals surface area contributed by atoms with Gasteiger partial charge in [0.1, 0.15) is 0 Å². The van der Waals surface area contributed by atoms with Crippen LogP contribution in [0.15, 0.2) is 76.0 Å². The SMILES string of the molecule is Cc1cn([C@H]2C[CH][C@H](CO[Si](c3ccccc3)(c3ccccc3)C(C)(C)C)O2)o[nH]o1. The molecule has 1 N–H and O–H groups in total. The van der Waals surface area contributed by atoms with E-state index in [1.165, 1.54) is 10.4 Å². The average molecular weight is 440 g/mol. The van der Waals surface area contributed by atoms with E-state index in [-0.39, 0.29) is 17.4 Å². The van der Waals surface area contributed by atoms with Gasteiger partial charge >= 0.3 is 0 Å². The smallest absolute Gasteiger partial charge is 0.261 e. The van der Waals surface area contributed by atoms with Gasteiger partial charge in [-0.2, -0.15) is 4.74 Å². The Morgan fingerprint density at radius 1 is 1.03 bits per heavy atom. The number of rotatable bonds is 6. The number of hydrogen-bond donors (Lipinski definition) is 1. The van der Waals surface area contributed by atoms with Crippen molar-refractivity contribution in [1.29, 1.82) is 0 Å². The second-order valence-electron chi connectivity index (χ2n) is 8.95. The van der Waals surface area contributed by atoms with E-state index in [1.807, 2.05) is 6.92 Å². The maximum Gasteiger partial charge on any atom is 0.261 e. The molecule has 0 unspecified atom stereocenters. The minimum atomic E-state index is -2.58. The van der Waals surface area contributed by atoms with Crippen molar-refractivity contribution in [1.82, 2.24) is 10.1 Å². The van der Waals surface area contributed by atoms with Gasteiger partial charge in [-0.25, -0.2) is 0 Å². The number of ether oxygens (including phenoxy) is 1. The van der Waals surface area contributed by atoms with E-state index in [9.17, 15) is 0 Å². The quantitative estimate of drug-likeness (QED) is 0.574. The van der Waals surface area contributed by atoms with Crippen LogP contribution < -0.4 is 10.4 Å². The first kappa shape index (κ1) is 21.7. The highest BCUT2D eigenvalue weighted by atomic mass is 28.4. The van der Waals surface area contributed by atoms with Gasteiger partial charge in [-0.15, -0.1) is 0 Å². The van der Waals surface area contributed by atoms with Crippen molar-refractivity contribution in [3.05, 3.63) is 79.0 Å². The zero-order valence-corrected chi connectivity index (χ0v) is 19.6. The van der Waals surface area contributed by atoms with E-state index in [2.05, 4.69) is 93.2 Å². The molecule has 0 saturated carbocycles. The third-order valence-corrected chi connectivity index (χ3v) is 10.8. The Hall–Kier alpha value is -2.48. The zero-order valence-electron chi connectivity index (χ0n) is 18.6. The van der Waals surface area contributed by atoms with E-state index < -0.39 is 8.32 Å². The third-order valence-electron chi connectivity index (χ3n) is 5.75. The maximum absolute atomic E-state index is 6.97. The predicted molar refractivity (Wildman–Crippen MR) is 122 cm³/mol. The summed E-state index contributed by atoms with van der Waals surface area (Å²) in [5.74, 6) is 0.710. The fourth-order valence-corrected chi connectivity index (χ4v) is 8.89. The van der Waals surface area contributed by atoms with Crippen LogP contribution in [0, 0.1) is 13.3 Å². The van der Waals surface area contributed by atoms with Gasteiger partial charge in [0, 0.05) is 6.42 Å². The van der Waals surface area contributed by atoms with Crippen molar-refractivity contribution in [2.24, 2.45) is 0 Å². The Labute approximate surface area is 184 Å². The van der Waals surface area contributed by atoms with Crippen molar-refractivity contribution in [2.75, 3.05) is 6.61 Å². The van der Waals surface area contributed by atoms with E-state index in [0.29, 0.717) is 12.4 Å². The van der Waals surface area contributed by atoms with Gasteiger partial charge in [-0.1, -0.05) is 86.8 Å². The highest BCUT2D eigenvalue weighted by Gasteiger charge is 2.50. The molecule has 1 radical (unpaired) electrons. The predicted octanol–water partition coefficient (Wildman–Crippen LogP) is 4.50. The summed E-state index contributed by atoms with van der Waals surface area (Å²) in [6.07, 6.45) is 4.33. The Balaban J connectivity index is 1.60. The molecule has 2 aromatic carbocycles. The molecule has 0 amide bonds. The van der Waals surface area contributed by atoms with Crippen LogP contribution in [0.2, 0.25) is 5.04 Å². The van der Waals surface area contributed by atoms with Gasteiger partial charge < -0.3 is 13.7 Å². The summed E-state index contributed by atoms with van der Waals surface area (Å²) in [6, 6.07) is 21.3. The molecule has 2 atom stereocenters. The molecule has 1 fully saturated rings. The van der Waals surface area contributed by atoms with Crippen LogP contribution in [0.3, 0.4) is 0 Å². The lowest BCUT2D eigenvalue weighted by Crippen LogP contribution is -2.67. The summed E-state index contributed by atoms with van der Waals surface area (Å²) in [4.78, 5) is 0. The standard InChI is InChI=1S/C24H31N2O4Si/c1-19-17-26(30-25-29-19)23-16-15-20(28-23)18-27-31(24(2,3)4,21-11-7-5-8-12-21)22-13-9-6-10-14-22/h5-15,17,20,23,25H,16,18H2,1-4H3/t20-,23-/m1/s1. The summed E-state index contributed by atoms with van der Waals surface area (Å²) in [5.41, 5.74) is 0. The Morgan fingerprint density at radius 2 is 1.65 bits per heavy atom. The number of nitrogens with one attached hydrogen (secondary N) is 1. The summed E-state index contributed by atoms with van der Waals surface area (Å²) < 4.78 is 25.3. The molecule has 1 aliphatic rings. The number of benzene rings is 2. The lowest BCUT2D eigenvalue weighted by Gasteiger charge is -2.43. The van der Waals surface area contributed by atoms with Gasteiger partial charge in [0.05, 0.1) is 18.9 Å². The number of H-pyrrole nitrogens is 1. The third kappa shape index (κ3) is 4.44. The second-order valence-corrected chi connectivity index (χ2v) is 13.3. The summed E-state index contributed by atoms with van der Waals surface area (Å²) in [7, 11) is -2.58. The topological polar surface area (TPSA) is 65.5 Å². The summed E-state index contributed by atoms with van der Waals surface area (Å²) in [6.45, 7) is 9.18. The van der Waals surface area contributed by atoms with Gasteiger partial charge in [0.25, 0.3) is 8.32 Å². The molecule has 3 aromatic rings. The van der Waals surface area contributed by atoms with E-state index >= 15 is 0 Å². The fraction of sp³-hybridized carbons (Fsp3) is 0.375.